The number of anilines is 1. The molecule has 5 nitrogen and oxygen atoms in total. The summed E-state index contributed by atoms with van der Waals surface area (Å²) in [5.41, 5.74) is -0.0224. The van der Waals surface area contributed by atoms with Gasteiger partial charge in [0.25, 0.3) is 0 Å². The molecule has 0 saturated carbocycles. The minimum Gasteiger partial charge on any atom is -0.396 e. The van der Waals surface area contributed by atoms with Crippen molar-refractivity contribution in [3.05, 3.63) is 29.8 Å². The summed E-state index contributed by atoms with van der Waals surface area (Å²) in [5.74, 6) is -1.02. The Kier molecular flexibility index (Phi) is 4.66. The number of aliphatic hydroxyl groups excluding tert-OH is 1. The van der Waals surface area contributed by atoms with Crippen molar-refractivity contribution in [2.75, 3.05) is 37.7 Å². The number of rotatable bonds is 3. The maximum Gasteiger partial charge on any atom is 0.317 e. The van der Waals surface area contributed by atoms with Crippen LogP contribution in [0, 0.1) is 17.6 Å². The molecule has 0 radical (unpaired) electrons. The molecule has 0 aromatic heterocycles. The van der Waals surface area contributed by atoms with E-state index in [1.807, 2.05) is 0 Å². The molecule has 2 N–H and O–H groups in total. The lowest BCUT2D eigenvalue weighted by Crippen LogP contribution is -2.45. The van der Waals surface area contributed by atoms with Crippen LogP contribution in [0.2, 0.25) is 0 Å². The molecule has 3 rings (SSSR count). The number of nitrogens with zero attached hydrogens (tertiary/aromatic N) is 2. The van der Waals surface area contributed by atoms with Crippen molar-refractivity contribution in [1.82, 2.24) is 10.2 Å². The highest BCUT2D eigenvalue weighted by atomic mass is 19.1. The van der Waals surface area contributed by atoms with Crippen molar-refractivity contribution in [3.63, 3.8) is 0 Å². The monoisotopic (exact) mass is 325 g/mol. The largest absolute Gasteiger partial charge is 0.396 e. The third-order valence-electron chi connectivity index (χ3n) is 4.60. The van der Waals surface area contributed by atoms with Crippen LogP contribution < -0.4 is 10.2 Å². The Morgan fingerprint density at radius 1 is 1.22 bits per heavy atom. The van der Waals surface area contributed by atoms with E-state index in [0.717, 1.165) is 6.42 Å². The van der Waals surface area contributed by atoms with E-state index in [2.05, 4.69) is 5.32 Å². The summed E-state index contributed by atoms with van der Waals surface area (Å²) >= 11 is 0. The molecule has 2 saturated heterocycles. The first-order valence-corrected chi connectivity index (χ1v) is 7.93. The molecule has 2 unspecified atom stereocenters. The first kappa shape index (κ1) is 16.0. The number of likely N-dealkylation sites (tertiary alicyclic amines) is 1. The predicted octanol–water partition coefficient (Wildman–Crippen LogP) is 1.57. The molecule has 2 amide bonds. The number of carbonyl (C=O) groups is 1. The zero-order chi connectivity index (χ0) is 16.4. The molecule has 2 aliphatic rings. The van der Waals surface area contributed by atoms with E-state index in [1.54, 1.807) is 9.80 Å². The van der Waals surface area contributed by atoms with Gasteiger partial charge in [0.15, 0.2) is 0 Å². The number of aliphatic hydroxyl groups is 1. The number of hydrogen-bond donors (Lipinski definition) is 2. The first-order chi connectivity index (χ1) is 11.1. The van der Waals surface area contributed by atoms with Crippen molar-refractivity contribution >= 4 is 11.7 Å². The van der Waals surface area contributed by atoms with Crippen LogP contribution in [0.1, 0.15) is 12.8 Å². The quantitative estimate of drug-likeness (QED) is 0.887. The predicted molar refractivity (Wildman–Crippen MR) is 82.3 cm³/mol. The Hall–Kier alpha value is -1.89. The van der Waals surface area contributed by atoms with Gasteiger partial charge < -0.3 is 20.2 Å². The fourth-order valence-electron chi connectivity index (χ4n) is 3.30. The Labute approximate surface area is 133 Å². The molecule has 126 valence electrons. The second-order valence-corrected chi connectivity index (χ2v) is 6.23. The van der Waals surface area contributed by atoms with Crippen molar-refractivity contribution in [2.24, 2.45) is 5.92 Å². The zero-order valence-electron chi connectivity index (χ0n) is 12.8. The molecule has 1 aromatic carbocycles. The average molecular weight is 325 g/mol. The van der Waals surface area contributed by atoms with Gasteiger partial charge in [-0.05, 0) is 25.0 Å². The van der Waals surface area contributed by atoms with Gasteiger partial charge in [-0.3, -0.25) is 0 Å². The molecule has 1 aromatic rings. The molecule has 0 spiro atoms. The maximum absolute atomic E-state index is 13.8. The van der Waals surface area contributed by atoms with E-state index in [1.165, 1.54) is 18.2 Å². The summed E-state index contributed by atoms with van der Waals surface area (Å²) in [6, 6.07) is 3.53. The molecule has 2 fully saturated rings. The van der Waals surface area contributed by atoms with Gasteiger partial charge in [-0.1, -0.05) is 6.07 Å². The molecule has 0 aliphatic carbocycles. The van der Waals surface area contributed by atoms with E-state index in [-0.39, 0.29) is 30.3 Å². The second-order valence-electron chi connectivity index (χ2n) is 6.23. The van der Waals surface area contributed by atoms with Gasteiger partial charge in [-0.15, -0.1) is 0 Å². The molecule has 2 atom stereocenters. The number of urea groups is 1. The highest BCUT2D eigenvalue weighted by Gasteiger charge is 2.31. The third-order valence-corrected chi connectivity index (χ3v) is 4.60. The topological polar surface area (TPSA) is 55.8 Å². The van der Waals surface area contributed by atoms with Gasteiger partial charge in [0, 0.05) is 44.7 Å². The highest BCUT2D eigenvalue weighted by Crippen LogP contribution is 2.27. The normalized spacial score (nSPS) is 24.3. The van der Waals surface area contributed by atoms with Crippen LogP contribution in [-0.2, 0) is 0 Å². The molecular weight excluding hydrogens is 304 g/mol. The lowest BCUT2D eigenvalue weighted by molar-refractivity contribution is 0.195. The second kappa shape index (κ2) is 6.70. The van der Waals surface area contributed by atoms with Gasteiger partial charge in [-0.2, -0.15) is 0 Å². The standard InChI is InChI=1S/C16H21F2N3O2/c17-13-2-1-3-14(18)15(13)20-7-5-12(9-20)19-16(23)21-6-4-11(8-21)10-22/h1-3,11-12,22H,4-10H2,(H,19,23). The summed E-state index contributed by atoms with van der Waals surface area (Å²) < 4.78 is 27.6. The summed E-state index contributed by atoms with van der Waals surface area (Å²) in [7, 11) is 0. The van der Waals surface area contributed by atoms with Gasteiger partial charge in [0.05, 0.1) is 0 Å². The number of benzene rings is 1. The van der Waals surface area contributed by atoms with Crippen LogP contribution in [0.3, 0.4) is 0 Å². The van der Waals surface area contributed by atoms with E-state index in [4.69, 9.17) is 5.11 Å². The smallest absolute Gasteiger partial charge is 0.317 e. The lowest BCUT2D eigenvalue weighted by Gasteiger charge is -2.22. The van der Waals surface area contributed by atoms with Crippen molar-refractivity contribution < 1.29 is 18.7 Å². The van der Waals surface area contributed by atoms with E-state index in [0.29, 0.717) is 32.6 Å². The summed E-state index contributed by atoms with van der Waals surface area (Å²) in [6.07, 6.45) is 1.46. The fraction of sp³-hybridized carbons (Fsp3) is 0.562. The van der Waals surface area contributed by atoms with E-state index in [9.17, 15) is 13.6 Å². The lowest BCUT2D eigenvalue weighted by atomic mass is 10.1. The minimum absolute atomic E-state index is 0.0224. The molecule has 2 heterocycles. The van der Waals surface area contributed by atoms with Crippen LogP contribution in [0.15, 0.2) is 18.2 Å². The number of nitrogens with one attached hydrogen (secondary N) is 1. The summed E-state index contributed by atoms with van der Waals surface area (Å²) in [4.78, 5) is 15.5. The number of halogens is 2. The summed E-state index contributed by atoms with van der Waals surface area (Å²) in [5, 5.41) is 12.0. The van der Waals surface area contributed by atoms with Gasteiger partial charge in [-0.25, -0.2) is 13.6 Å². The molecule has 7 heteroatoms. The van der Waals surface area contributed by atoms with Crippen LogP contribution in [0.25, 0.3) is 0 Å². The minimum atomic E-state index is -0.581. The average Bonchev–Trinajstić information content (AvgIpc) is 3.16. The van der Waals surface area contributed by atoms with Gasteiger partial charge in [0.2, 0.25) is 0 Å². The number of para-hydroxylation sites is 1. The van der Waals surface area contributed by atoms with E-state index < -0.39 is 11.6 Å². The maximum atomic E-state index is 13.8. The van der Waals surface area contributed by atoms with Crippen LogP contribution >= 0.6 is 0 Å². The highest BCUT2D eigenvalue weighted by molar-refractivity contribution is 5.75. The molecule has 23 heavy (non-hydrogen) atoms. The Morgan fingerprint density at radius 3 is 2.61 bits per heavy atom. The van der Waals surface area contributed by atoms with Gasteiger partial charge in [0.1, 0.15) is 17.3 Å². The Bertz CT molecular complexity index is 564. The Balaban J connectivity index is 1.57. The van der Waals surface area contributed by atoms with Gasteiger partial charge >= 0.3 is 6.03 Å². The summed E-state index contributed by atoms with van der Waals surface area (Å²) in [6.45, 7) is 2.17. The van der Waals surface area contributed by atoms with Crippen molar-refractivity contribution in [2.45, 2.75) is 18.9 Å². The zero-order valence-corrected chi connectivity index (χ0v) is 12.8. The van der Waals surface area contributed by atoms with Crippen molar-refractivity contribution in [1.29, 1.82) is 0 Å². The van der Waals surface area contributed by atoms with Crippen LogP contribution in [0.5, 0.6) is 0 Å². The number of hydrogen-bond acceptors (Lipinski definition) is 3. The molecule has 2 aliphatic heterocycles. The van der Waals surface area contributed by atoms with Crippen LogP contribution in [0.4, 0.5) is 19.3 Å². The SMILES string of the molecule is O=C(NC1CCN(c2c(F)cccc2F)C1)N1CCC(CO)C1. The fourth-order valence-corrected chi connectivity index (χ4v) is 3.30. The van der Waals surface area contributed by atoms with E-state index >= 15 is 0 Å². The molecule has 0 bridgehead atoms. The van der Waals surface area contributed by atoms with Crippen molar-refractivity contribution in [3.8, 4) is 0 Å². The third kappa shape index (κ3) is 3.39. The van der Waals surface area contributed by atoms with Crippen LogP contribution in [-0.4, -0.2) is 54.9 Å². The molecular formula is C16H21F2N3O2. The number of carbonyl (C=O) groups excluding carboxylic acids is 1. The number of amides is 2. The first-order valence-electron chi connectivity index (χ1n) is 7.93. The Morgan fingerprint density at radius 2 is 1.96 bits per heavy atom.